The van der Waals surface area contributed by atoms with Crippen molar-refractivity contribution in [3.8, 4) is 0 Å². The molecule has 5 aromatic rings. The van der Waals surface area contributed by atoms with Crippen LogP contribution in [-0.2, 0) is 27.5 Å². The molecule has 6 nitrogen and oxygen atoms in total. The second-order valence-corrected chi connectivity index (χ2v) is 37.6. The van der Waals surface area contributed by atoms with Gasteiger partial charge in [-0.15, -0.1) is 0 Å². The van der Waals surface area contributed by atoms with Gasteiger partial charge in [-0.25, -0.2) is 0 Å². The number of hydrogen-bond acceptors (Lipinski definition) is 6. The molecule has 0 aliphatic carbocycles. The molecule has 2 aliphatic rings. The fourth-order valence-electron chi connectivity index (χ4n) is 9.62. The van der Waals surface area contributed by atoms with Gasteiger partial charge in [0.1, 0.15) is 0 Å². The van der Waals surface area contributed by atoms with E-state index in [1.54, 1.807) is 6.26 Å². The Bertz CT molecular complexity index is 2230. The van der Waals surface area contributed by atoms with Crippen molar-refractivity contribution in [2.75, 3.05) is 0 Å². The molecule has 0 bridgehead atoms. The predicted molar refractivity (Wildman–Crippen MR) is 282 cm³/mol. The third-order valence-electron chi connectivity index (χ3n) is 14.1. The molecule has 66 heavy (non-hydrogen) atoms. The van der Waals surface area contributed by atoms with Gasteiger partial charge in [0.25, 0.3) is 0 Å². The van der Waals surface area contributed by atoms with E-state index < -0.39 is 55.7 Å². The molecule has 0 saturated carbocycles. The summed E-state index contributed by atoms with van der Waals surface area (Å²) >= 11 is -0.209. The van der Waals surface area contributed by atoms with Crippen LogP contribution in [0.5, 0.6) is 0 Å². The van der Waals surface area contributed by atoms with Gasteiger partial charge in [0, 0.05) is 0 Å². The molecule has 0 radical (unpaired) electrons. The van der Waals surface area contributed by atoms with E-state index in [2.05, 4.69) is 241 Å². The number of ether oxygens (including phenoxy) is 3. The summed E-state index contributed by atoms with van der Waals surface area (Å²) in [6, 6.07) is 54.8. The molecule has 0 spiro atoms. The Labute approximate surface area is 406 Å². The van der Waals surface area contributed by atoms with Crippen molar-refractivity contribution in [3.63, 3.8) is 0 Å². The van der Waals surface area contributed by atoms with E-state index in [9.17, 15) is 0 Å². The number of benzene rings is 5. The van der Waals surface area contributed by atoms with Crippen LogP contribution in [0, 0.1) is 0 Å². The molecule has 0 amide bonds. The molecule has 1 unspecified atom stereocenters. The van der Waals surface area contributed by atoms with Crippen molar-refractivity contribution < 1.29 is 27.5 Å². The summed E-state index contributed by atoms with van der Waals surface area (Å²) in [5.74, 6) is 0. The van der Waals surface area contributed by atoms with Crippen LogP contribution in [0.2, 0.25) is 33.0 Å². The molecule has 0 aromatic heterocycles. The number of hydrogen-bond donors (Lipinski definition) is 0. The molecule has 7 rings (SSSR count). The predicted octanol–water partition coefficient (Wildman–Crippen LogP) is 10.1. The summed E-state index contributed by atoms with van der Waals surface area (Å²) in [6.07, 6.45) is 0.734. The van der Waals surface area contributed by atoms with Gasteiger partial charge in [0.15, 0.2) is 0 Å². The van der Waals surface area contributed by atoms with Gasteiger partial charge in [-0.05, 0) is 0 Å². The van der Waals surface area contributed by atoms with Crippen molar-refractivity contribution in [2.45, 2.75) is 152 Å². The van der Waals surface area contributed by atoms with E-state index >= 15 is 0 Å². The van der Waals surface area contributed by atoms with Crippen molar-refractivity contribution in [1.29, 1.82) is 0 Å². The average Bonchev–Trinajstić information content (AvgIpc) is 3.27. The first-order chi connectivity index (χ1) is 31.2. The van der Waals surface area contributed by atoms with Crippen molar-refractivity contribution >= 4 is 65.1 Å². The van der Waals surface area contributed by atoms with Crippen molar-refractivity contribution in [1.82, 2.24) is 0 Å². The Balaban J connectivity index is 1.48. The maximum atomic E-state index is 8.53. The van der Waals surface area contributed by atoms with E-state index in [1.807, 2.05) is 6.08 Å². The second kappa shape index (κ2) is 20.3. The van der Waals surface area contributed by atoms with Crippen LogP contribution in [0.15, 0.2) is 164 Å². The Morgan fingerprint density at radius 2 is 0.864 bits per heavy atom. The second-order valence-electron chi connectivity index (χ2n) is 21.7. The minimum atomic E-state index is -3.23. The molecule has 1 saturated heterocycles. The van der Waals surface area contributed by atoms with Crippen LogP contribution in [0.25, 0.3) is 0 Å². The summed E-state index contributed by atoms with van der Waals surface area (Å²) in [7, 11) is -8.65. The van der Waals surface area contributed by atoms with Gasteiger partial charge in [0.2, 0.25) is 0 Å². The third kappa shape index (κ3) is 10.3. The summed E-state index contributed by atoms with van der Waals surface area (Å²) in [5, 5.41) is 4.28. The standard InChI is InChI=1S/C56H74O6SeSi3/c1-41-49(48(39-40-57-41)60-64(12,13)54(3,4)5)59-53-52(63-43-29-19-14-20-30-43)51(62-66(56(9,10)11,46-35-25-17-26-36-46)47-37-27-18-28-38-47)50(42(2)58-53)61-65(55(6,7)8,44-31-21-15-22-32-44)45-33-23-16-24-34-45/h14-42,48-53H,1-13H3/t41?,42-,48-,49-,50-,51+,52-,53+/m0/s1. The summed E-state index contributed by atoms with van der Waals surface area (Å²) in [6.45, 7) is 29.9. The van der Waals surface area contributed by atoms with E-state index in [0.29, 0.717) is 0 Å². The normalized spacial score (nSPS) is 24.4. The topological polar surface area (TPSA) is 55.4 Å². The van der Waals surface area contributed by atoms with Crippen LogP contribution in [-0.4, -0.2) is 82.8 Å². The van der Waals surface area contributed by atoms with Crippen LogP contribution < -0.4 is 25.2 Å². The van der Waals surface area contributed by atoms with Gasteiger partial charge >= 0.3 is 409 Å². The first kappa shape index (κ1) is 50.5. The molecular formula is C56H74O6SeSi3. The van der Waals surface area contributed by atoms with Gasteiger partial charge in [-0.2, -0.15) is 0 Å². The zero-order valence-electron chi connectivity index (χ0n) is 41.6. The van der Waals surface area contributed by atoms with E-state index in [4.69, 9.17) is 27.5 Å². The Kier molecular flexibility index (Phi) is 15.5. The van der Waals surface area contributed by atoms with E-state index in [0.717, 1.165) is 0 Å². The zero-order valence-corrected chi connectivity index (χ0v) is 46.3. The third-order valence-corrected chi connectivity index (χ3v) is 31.4. The van der Waals surface area contributed by atoms with Crippen molar-refractivity contribution in [3.05, 3.63) is 164 Å². The average molecular weight is 1010 g/mol. The van der Waals surface area contributed by atoms with Crippen LogP contribution >= 0.6 is 0 Å². The molecule has 2 aliphatic heterocycles. The molecule has 10 heteroatoms. The Morgan fingerprint density at radius 3 is 1.26 bits per heavy atom. The monoisotopic (exact) mass is 1010 g/mol. The molecular weight excluding hydrogens is 932 g/mol. The Morgan fingerprint density at radius 1 is 0.470 bits per heavy atom. The van der Waals surface area contributed by atoms with Crippen LogP contribution in [0.3, 0.4) is 0 Å². The van der Waals surface area contributed by atoms with Crippen LogP contribution in [0.4, 0.5) is 0 Å². The van der Waals surface area contributed by atoms with E-state index in [-0.39, 0.29) is 47.1 Å². The molecule has 2 heterocycles. The fraction of sp³-hybridized carbons (Fsp3) is 0.429. The minimum absolute atomic E-state index is 0.00196. The van der Waals surface area contributed by atoms with Gasteiger partial charge in [0.05, 0.1) is 0 Å². The molecule has 1 fully saturated rings. The first-order valence-electron chi connectivity index (χ1n) is 23.8. The molecule has 8 atom stereocenters. The first-order valence-corrected chi connectivity index (χ1v) is 32.4. The molecule has 352 valence electrons. The SMILES string of the molecule is CC1OC=C[C@H](O[Si](C)(C)C(C)(C)C)[C@H]1O[C@H]1O[C@@H](C)[C@H](O[Si](c2ccccc2)(c2ccccc2)C(C)(C)C)[C@@H](O[Si](c2ccccc2)(c2ccccc2)C(C)(C)C)[C@@H]1[Se]c1ccccc1. The van der Waals surface area contributed by atoms with Gasteiger partial charge < -0.3 is 0 Å². The zero-order chi connectivity index (χ0) is 47.5. The quantitative estimate of drug-likeness (QED) is 0.103. The summed E-state index contributed by atoms with van der Waals surface area (Å²) in [4.78, 5) is -0.257. The number of rotatable bonds is 14. The van der Waals surface area contributed by atoms with Gasteiger partial charge in [-0.1, -0.05) is 0 Å². The summed E-state index contributed by atoms with van der Waals surface area (Å²) in [5.41, 5.74) is 0. The molecule has 5 aromatic carbocycles. The fourth-order valence-corrected chi connectivity index (χ4v) is 23.1. The van der Waals surface area contributed by atoms with Gasteiger partial charge in [-0.3, -0.25) is 0 Å². The Hall–Kier alpha value is -3.39. The summed E-state index contributed by atoms with van der Waals surface area (Å²) < 4.78 is 46.6. The van der Waals surface area contributed by atoms with Crippen LogP contribution in [0.1, 0.15) is 76.2 Å². The van der Waals surface area contributed by atoms with E-state index in [1.165, 1.54) is 25.2 Å². The maximum absolute atomic E-state index is 8.53. The van der Waals surface area contributed by atoms with Crippen molar-refractivity contribution in [2.24, 2.45) is 0 Å². The molecule has 0 N–H and O–H groups in total.